The minimum atomic E-state index is 0.649. The topological polar surface area (TPSA) is 67.6 Å². The highest BCUT2D eigenvalue weighted by atomic mass is 15.2. The van der Waals surface area contributed by atoms with Crippen LogP contribution in [0.2, 0.25) is 0 Å². The number of aryl methyl sites for hydroxylation is 1. The molecule has 4 heteroatoms. The van der Waals surface area contributed by atoms with Gasteiger partial charge in [-0.1, -0.05) is 0 Å². The lowest BCUT2D eigenvalue weighted by Crippen LogP contribution is -2.44. The summed E-state index contributed by atoms with van der Waals surface area (Å²) >= 11 is 0. The second kappa shape index (κ2) is 4.58. The van der Waals surface area contributed by atoms with Crippen LogP contribution in [-0.2, 0) is 6.42 Å². The maximum Gasteiger partial charge on any atom is 0.154 e. The molecule has 0 amide bonds. The normalized spacial score (nSPS) is 39.9. The summed E-state index contributed by atoms with van der Waals surface area (Å²) < 4.78 is 0. The van der Waals surface area contributed by atoms with E-state index in [0.29, 0.717) is 5.92 Å². The Balaban J connectivity index is 1.54. The average molecular weight is 260 g/mol. The van der Waals surface area contributed by atoms with Gasteiger partial charge in [0, 0.05) is 12.3 Å². The van der Waals surface area contributed by atoms with Crippen molar-refractivity contribution in [2.24, 2.45) is 29.4 Å². The maximum atomic E-state index is 5.56. The molecule has 1 aromatic heterocycles. The number of hydrogen-bond acceptors (Lipinski definition) is 3. The molecule has 104 valence electrons. The molecule has 4 saturated carbocycles. The van der Waals surface area contributed by atoms with Crippen LogP contribution in [0.1, 0.15) is 56.1 Å². The molecule has 19 heavy (non-hydrogen) atoms. The van der Waals surface area contributed by atoms with Crippen LogP contribution in [0.5, 0.6) is 0 Å². The lowest BCUT2D eigenvalue weighted by molar-refractivity contribution is -0.00555. The van der Waals surface area contributed by atoms with E-state index >= 15 is 0 Å². The second-order valence-corrected chi connectivity index (χ2v) is 6.99. The first-order chi connectivity index (χ1) is 9.33. The Hall–Kier alpha value is -0.900. The van der Waals surface area contributed by atoms with E-state index in [9.17, 15) is 0 Å². The third-order valence-electron chi connectivity index (χ3n) is 5.69. The number of nitrogens with zero attached hydrogens (tertiary/aromatic N) is 2. The minimum absolute atomic E-state index is 0.649. The van der Waals surface area contributed by atoms with Crippen molar-refractivity contribution in [1.29, 1.82) is 0 Å². The van der Waals surface area contributed by atoms with E-state index in [0.717, 1.165) is 54.7 Å². The Kier molecular flexibility index (Phi) is 2.87. The van der Waals surface area contributed by atoms with Crippen LogP contribution in [0, 0.1) is 23.7 Å². The molecular weight excluding hydrogens is 236 g/mol. The van der Waals surface area contributed by atoms with Gasteiger partial charge < -0.3 is 5.73 Å². The van der Waals surface area contributed by atoms with Crippen molar-refractivity contribution in [2.45, 2.75) is 50.9 Å². The largest absolute Gasteiger partial charge is 0.330 e. The van der Waals surface area contributed by atoms with Crippen LogP contribution < -0.4 is 5.73 Å². The first kappa shape index (κ1) is 11.9. The van der Waals surface area contributed by atoms with Crippen molar-refractivity contribution in [3.05, 3.63) is 11.6 Å². The van der Waals surface area contributed by atoms with Crippen LogP contribution in [-0.4, -0.2) is 21.7 Å². The van der Waals surface area contributed by atoms with E-state index < -0.39 is 0 Å². The van der Waals surface area contributed by atoms with E-state index in [4.69, 9.17) is 10.7 Å². The lowest BCUT2D eigenvalue weighted by atomic mass is 9.52. The monoisotopic (exact) mass is 260 g/mol. The van der Waals surface area contributed by atoms with E-state index in [1.165, 1.54) is 32.1 Å². The summed E-state index contributed by atoms with van der Waals surface area (Å²) in [7, 11) is 0. The van der Waals surface area contributed by atoms with Gasteiger partial charge in [-0.2, -0.15) is 5.10 Å². The summed E-state index contributed by atoms with van der Waals surface area (Å²) in [5.74, 6) is 6.58. The molecule has 5 rings (SSSR count). The number of aromatic nitrogens is 3. The third kappa shape index (κ3) is 2.00. The van der Waals surface area contributed by atoms with Crippen molar-refractivity contribution in [2.75, 3.05) is 6.54 Å². The van der Waals surface area contributed by atoms with Crippen molar-refractivity contribution in [3.8, 4) is 0 Å². The molecule has 0 saturated heterocycles. The fourth-order valence-electron chi connectivity index (χ4n) is 5.19. The van der Waals surface area contributed by atoms with Gasteiger partial charge in [0.05, 0.1) is 0 Å². The summed E-state index contributed by atoms with van der Waals surface area (Å²) in [5, 5.41) is 7.67. The molecule has 4 bridgehead atoms. The number of nitrogens with one attached hydrogen (secondary N) is 1. The molecule has 4 nitrogen and oxygen atoms in total. The molecule has 3 N–H and O–H groups in total. The summed E-state index contributed by atoms with van der Waals surface area (Å²) in [6.07, 6.45) is 9.19. The summed E-state index contributed by atoms with van der Waals surface area (Å²) in [6.45, 7) is 0.730. The predicted octanol–water partition coefficient (Wildman–Crippen LogP) is 2.24. The van der Waals surface area contributed by atoms with Gasteiger partial charge in [-0.05, 0) is 68.7 Å². The molecule has 4 fully saturated rings. The molecule has 0 spiro atoms. The van der Waals surface area contributed by atoms with Crippen LogP contribution >= 0.6 is 0 Å². The van der Waals surface area contributed by atoms with E-state index in [2.05, 4.69) is 10.2 Å². The third-order valence-corrected chi connectivity index (χ3v) is 5.69. The van der Waals surface area contributed by atoms with Gasteiger partial charge in [0.2, 0.25) is 0 Å². The molecule has 1 aromatic rings. The van der Waals surface area contributed by atoms with Gasteiger partial charge in [0.15, 0.2) is 5.82 Å². The zero-order chi connectivity index (χ0) is 12.8. The zero-order valence-electron chi connectivity index (χ0n) is 11.5. The second-order valence-electron chi connectivity index (χ2n) is 6.99. The van der Waals surface area contributed by atoms with Crippen molar-refractivity contribution in [3.63, 3.8) is 0 Å². The highest BCUT2D eigenvalue weighted by Gasteiger charge is 2.49. The number of H-pyrrole nitrogens is 1. The zero-order valence-corrected chi connectivity index (χ0v) is 11.5. The Morgan fingerprint density at radius 3 is 2.37 bits per heavy atom. The molecule has 1 heterocycles. The van der Waals surface area contributed by atoms with Gasteiger partial charge in [-0.3, -0.25) is 5.10 Å². The highest BCUT2D eigenvalue weighted by molar-refractivity contribution is 5.11. The van der Waals surface area contributed by atoms with E-state index in [1.54, 1.807) is 0 Å². The molecule has 0 radical (unpaired) electrons. The number of nitrogens with two attached hydrogens (primary N) is 1. The molecule has 4 aliphatic rings. The Morgan fingerprint density at radius 2 is 1.74 bits per heavy atom. The number of hydrogen-bond donors (Lipinski definition) is 2. The Morgan fingerprint density at radius 1 is 1.05 bits per heavy atom. The van der Waals surface area contributed by atoms with E-state index in [-0.39, 0.29) is 0 Å². The van der Waals surface area contributed by atoms with Gasteiger partial charge in [-0.25, -0.2) is 4.98 Å². The van der Waals surface area contributed by atoms with Crippen LogP contribution in [0.3, 0.4) is 0 Å². The fraction of sp³-hybridized carbons (Fsp3) is 0.867. The van der Waals surface area contributed by atoms with Crippen LogP contribution in [0.4, 0.5) is 0 Å². The van der Waals surface area contributed by atoms with Gasteiger partial charge in [0.25, 0.3) is 0 Å². The van der Waals surface area contributed by atoms with Crippen molar-refractivity contribution in [1.82, 2.24) is 15.2 Å². The smallest absolute Gasteiger partial charge is 0.154 e. The lowest BCUT2D eigenvalue weighted by Gasteiger charge is -2.53. The Bertz CT molecular complexity index is 425. The molecule has 0 atom stereocenters. The van der Waals surface area contributed by atoms with Gasteiger partial charge >= 0.3 is 0 Å². The number of aromatic amines is 1. The first-order valence-electron chi connectivity index (χ1n) is 7.94. The number of rotatable bonds is 4. The van der Waals surface area contributed by atoms with Crippen molar-refractivity contribution < 1.29 is 0 Å². The quantitative estimate of drug-likeness (QED) is 0.872. The average Bonchev–Trinajstić information content (AvgIpc) is 2.83. The summed E-state index contributed by atoms with van der Waals surface area (Å²) in [6, 6.07) is 0. The van der Waals surface area contributed by atoms with Crippen molar-refractivity contribution >= 4 is 0 Å². The van der Waals surface area contributed by atoms with E-state index in [1.807, 2.05) is 0 Å². The summed E-state index contributed by atoms with van der Waals surface area (Å²) in [4.78, 5) is 4.77. The van der Waals surface area contributed by atoms with Crippen LogP contribution in [0.25, 0.3) is 0 Å². The Labute approximate surface area is 114 Å². The standard InChI is InChI=1S/C15H24N4/c16-3-1-2-13-17-15(19-18-13)14-11-5-9-4-10(7-11)8-12(14)6-9/h9-12,14H,1-8,16H2,(H,17,18,19). The minimum Gasteiger partial charge on any atom is -0.330 e. The molecule has 4 aliphatic carbocycles. The molecule has 0 aromatic carbocycles. The summed E-state index contributed by atoms with van der Waals surface area (Å²) in [5.41, 5.74) is 5.56. The molecular formula is C15H24N4. The maximum absolute atomic E-state index is 5.56. The van der Waals surface area contributed by atoms with Gasteiger partial charge in [0.1, 0.15) is 5.82 Å². The highest BCUT2D eigenvalue weighted by Crippen LogP contribution is 2.59. The fourth-order valence-corrected chi connectivity index (χ4v) is 5.19. The molecule has 0 aliphatic heterocycles. The van der Waals surface area contributed by atoms with Gasteiger partial charge in [-0.15, -0.1) is 0 Å². The SMILES string of the molecule is NCCCc1nc(C2C3CC4CC(C3)CC2C4)n[nH]1. The molecule has 0 unspecified atom stereocenters. The predicted molar refractivity (Wildman–Crippen MR) is 73.5 cm³/mol. The van der Waals surface area contributed by atoms with Crippen LogP contribution in [0.15, 0.2) is 0 Å². The first-order valence-corrected chi connectivity index (χ1v) is 7.94.